The van der Waals surface area contributed by atoms with Gasteiger partial charge in [0, 0.05) is 6.42 Å². The quantitative estimate of drug-likeness (QED) is 0.0278. The summed E-state index contributed by atoms with van der Waals surface area (Å²) in [6, 6.07) is 0. The van der Waals surface area contributed by atoms with Crippen molar-refractivity contribution in [1.29, 1.82) is 0 Å². The molecule has 0 spiro atoms. The standard InChI is InChI=1S/C46H86O4/c1-6-9-11-13-15-17-19-20-21-22-23-24-26-28-30-34-40-50-46(48)44(36-8-3)43(37-32-29-27-25-18-16-14-12-10-7-2)38-33-31-35-39-49-45(47)41-42(4)5/h34,37,40,42,44H,6-33,35-36,38-39,41H2,1-5H3. The highest BCUT2D eigenvalue weighted by atomic mass is 16.5. The van der Waals surface area contributed by atoms with Gasteiger partial charge in [0.05, 0.1) is 18.8 Å². The molecule has 0 rings (SSSR count). The van der Waals surface area contributed by atoms with Crippen molar-refractivity contribution >= 4 is 11.9 Å². The molecule has 0 bridgehead atoms. The minimum Gasteiger partial charge on any atom is -0.466 e. The molecular weight excluding hydrogens is 617 g/mol. The number of esters is 2. The Morgan fingerprint density at radius 3 is 1.48 bits per heavy atom. The highest BCUT2D eigenvalue weighted by Gasteiger charge is 2.23. The van der Waals surface area contributed by atoms with E-state index in [4.69, 9.17) is 9.47 Å². The molecule has 1 unspecified atom stereocenters. The molecule has 0 aromatic heterocycles. The maximum Gasteiger partial charge on any atom is 0.317 e. The second-order valence-corrected chi connectivity index (χ2v) is 15.6. The van der Waals surface area contributed by atoms with E-state index in [-0.39, 0.29) is 17.9 Å². The van der Waals surface area contributed by atoms with Gasteiger partial charge in [0.2, 0.25) is 0 Å². The number of carbonyl (C=O) groups excluding carboxylic acids is 2. The lowest BCUT2D eigenvalue weighted by Gasteiger charge is -2.18. The van der Waals surface area contributed by atoms with Gasteiger partial charge in [0.15, 0.2) is 0 Å². The van der Waals surface area contributed by atoms with Crippen LogP contribution in [-0.2, 0) is 19.1 Å². The van der Waals surface area contributed by atoms with Crippen molar-refractivity contribution in [3.63, 3.8) is 0 Å². The van der Waals surface area contributed by atoms with Crippen LogP contribution in [-0.4, -0.2) is 18.5 Å². The Morgan fingerprint density at radius 2 is 1.00 bits per heavy atom. The van der Waals surface area contributed by atoms with E-state index in [1.54, 1.807) is 6.26 Å². The number of hydrogen-bond donors (Lipinski definition) is 0. The molecule has 50 heavy (non-hydrogen) atoms. The maximum atomic E-state index is 13.3. The highest BCUT2D eigenvalue weighted by Crippen LogP contribution is 2.26. The van der Waals surface area contributed by atoms with Crippen molar-refractivity contribution in [3.8, 4) is 0 Å². The third kappa shape index (κ3) is 33.6. The first-order chi connectivity index (χ1) is 24.5. The molecule has 0 heterocycles. The van der Waals surface area contributed by atoms with Gasteiger partial charge in [-0.1, -0.05) is 188 Å². The van der Waals surface area contributed by atoms with Gasteiger partial charge < -0.3 is 9.47 Å². The summed E-state index contributed by atoms with van der Waals surface area (Å²) in [4.78, 5) is 25.2. The molecule has 4 heteroatoms. The number of carbonyl (C=O) groups is 2. The highest BCUT2D eigenvalue weighted by molar-refractivity contribution is 5.76. The van der Waals surface area contributed by atoms with Crippen molar-refractivity contribution in [2.24, 2.45) is 11.8 Å². The minimum atomic E-state index is -0.159. The lowest BCUT2D eigenvalue weighted by atomic mass is 9.89. The predicted molar refractivity (Wildman–Crippen MR) is 217 cm³/mol. The first-order valence-corrected chi connectivity index (χ1v) is 22.2. The molecular formula is C46H86O4. The summed E-state index contributed by atoms with van der Waals surface area (Å²) in [6.07, 6.45) is 45.3. The van der Waals surface area contributed by atoms with Crippen molar-refractivity contribution in [2.45, 2.75) is 240 Å². The van der Waals surface area contributed by atoms with Gasteiger partial charge in [-0.05, 0) is 69.8 Å². The van der Waals surface area contributed by atoms with E-state index in [1.165, 1.54) is 153 Å². The van der Waals surface area contributed by atoms with E-state index in [9.17, 15) is 9.59 Å². The van der Waals surface area contributed by atoms with Gasteiger partial charge in [-0.2, -0.15) is 0 Å². The first-order valence-electron chi connectivity index (χ1n) is 22.2. The van der Waals surface area contributed by atoms with Crippen LogP contribution in [0.4, 0.5) is 0 Å². The number of unbranched alkanes of at least 4 members (excludes halogenated alkanes) is 25. The minimum absolute atomic E-state index is 0.0926. The van der Waals surface area contributed by atoms with Crippen LogP contribution in [0, 0.1) is 11.8 Å². The molecule has 0 aliphatic heterocycles. The van der Waals surface area contributed by atoms with Gasteiger partial charge in [0.1, 0.15) is 0 Å². The fraction of sp³-hybridized carbons (Fsp3) is 0.870. The largest absolute Gasteiger partial charge is 0.466 e. The summed E-state index contributed by atoms with van der Waals surface area (Å²) < 4.78 is 11.2. The van der Waals surface area contributed by atoms with Crippen LogP contribution in [0.25, 0.3) is 0 Å². The Kier molecular flexibility index (Phi) is 37.4. The van der Waals surface area contributed by atoms with Crippen molar-refractivity contribution in [2.75, 3.05) is 6.61 Å². The molecule has 0 fully saturated rings. The van der Waals surface area contributed by atoms with Crippen LogP contribution in [0.2, 0.25) is 0 Å². The Morgan fingerprint density at radius 1 is 0.540 bits per heavy atom. The fourth-order valence-electron chi connectivity index (χ4n) is 6.81. The van der Waals surface area contributed by atoms with Gasteiger partial charge in [-0.3, -0.25) is 9.59 Å². The van der Waals surface area contributed by atoms with E-state index in [1.807, 2.05) is 19.9 Å². The third-order valence-corrected chi connectivity index (χ3v) is 9.98. The maximum absolute atomic E-state index is 13.3. The smallest absolute Gasteiger partial charge is 0.317 e. The average Bonchev–Trinajstić information content (AvgIpc) is 3.09. The summed E-state index contributed by atoms with van der Waals surface area (Å²) in [5, 5.41) is 0. The number of hydrogen-bond acceptors (Lipinski definition) is 4. The first kappa shape index (κ1) is 48.4. The molecule has 0 aromatic rings. The zero-order valence-electron chi connectivity index (χ0n) is 34.4. The average molecular weight is 703 g/mol. The molecule has 0 aliphatic rings. The van der Waals surface area contributed by atoms with E-state index in [2.05, 4.69) is 26.8 Å². The molecule has 0 N–H and O–H groups in total. The van der Waals surface area contributed by atoms with E-state index >= 15 is 0 Å². The van der Waals surface area contributed by atoms with Gasteiger partial charge in [-0.15, -0.1) is 0 Å². The number of ether oxygens (including phenoxy) is 2. The Hall–Kier alpha value is -1.58. The lowest BCUT2D eigenvalue weighted by molar-refractivity contribution is -0.144. The Balaban J connectivity index is 4.56. The van der Waals surface area contributed by atoms with Crippen molar-refractivity contribution < 1.29 is 19.1 Å². The zero-order valence-corrected chi connectivity index (χ0v) is 34.4. The van der Waals surface area contributed by atoms with Crippen molar-refractivity contribution in [3.05, 3.63) is 24.0 Å². The monoisotopic (exact) mass is 703 g/mol. The van der Waals surface area contributed by atoms with Crippen LogP contribution in [0.1, 0.15) is 240 Å². The molecule has 4 nitrogen and oxygen atoms in total. The fourth-order valence-corrected chi connectivity index (χ4v) is 6.81. The summed E-state index contributed by atoms with van der Waals surface area (Å²) in [5.41, 5.74) is 1.26. The van der Waals surface area contributed by atoms with E-state index < -0.39 is 0 Å². The number of allylic oxidation sites excluding steroid dienone is 2. The SMILES string of the molecule is CCCCCCCCCCCC=C(CCCCCOC(=O)CC(C)C)C(CCC)C(=O)OC=CCCCCCCCCCCCCCCCC. The van der Waals surface area contributed by atoms with Crippen LogP contribution in [0.5, 0.6) is 0 Å². The zero-order chi connectivity index (χ0) is 36.8. The van der Waals surface area contributed by atoms with Gasteiger partial charge >= 0.3 is 11.9 Å². The molecule has 0 amide bonds. The number of rotatable bonds is 38. The molecule has 294 valence electrons. The molecule has 0 aromatic carbocycles. The van der Waals surface area contributed by atoms with Gasteiger partial charge in [0.25, 0.3) is 0 Å². The second-order valence-electron chi connectivity index (χ2n) is 15.6. The topological polar surface area (TPSA) is 52.6 Å². The van der Waals surface area contributed by atoms with Crippen LogP contribution >= 0.6 is 0 Å². The molecule has 0 aliphatic carbocycles. The van der Waals surface area contributed by atoms with Crippen LogP contribution in [0.15, 0.2) is 24.0 Å². The summed E-state index contributed by atoms with van der Waals surface area (Å²) >= 11 is 0. The van der Waals surface area contributed by atoms with Crippen molar-refractivity contribution in [1.82, 2.24) is 0 Å². The summed E-state index contributed by atoms with van der Waals surface area (Å²) in [6.45, 7) is 11.3. The van der Waals surface area contributed by atoms with Crippen LogP contribution in [0.3, 0.4) is 0 Å². The predicted octanol–water partition coefficient (Wildman–Crippen LogP) is 15.3. The summed E-state index contributed by atoms with van der Waals surface area (Å²) in [7, 11) is 0. The second kappa shape index (κ2) is 38.6. The normalized spacial score (nSPS) is 12.6. The van der Waals surface area contributed by atoms with Crippen LogP contribution < -0.4 is 0 Å². The molecule has 0 radical (unpaired) electrons. The lowest BCUT2D eigenvalue weighted by Crippen LogP contribution is -2.18. The molecule has 0 saturated carbocycles. The Labute approximate surface area is 312 Å². The summed E-state index contributed by atoms with van der Waals surface area (Å²) in [5.74, 6) is -0.0157. The molecule has 0 saturated heterocycles. The molecule has 1 atom stereocenters. The Bertz CT molecular complexity index is 798. The van der Waals surface area contributed by atoms with Gasteiger partial charge in [-0.25, -0.2) is 0 Å². The van der Waals surface area contributed by atoms with E-state index in [0.717, 1.165) is 51.4 Å². The third-order valence-electron chi connectivity index (χ3n) is 9.98. The van der Waals surface area contributed by atoms with E-state index in [0.29, 0.717) is 18.9 Å².